The van der Waals surface area contributed by atoms with Crippen LogP contribution in [0.5, 0.6) is 5.75 Å². The molecule has 0 unspecified atom stereocenters. The summed E-state index contributed by atoms with van der Waals surface area (Å²) in [4.78, 5) is 4.97. The molecule has 8 heteroatoms. The van der Waals surface area contributed by atoms with Crippen molar-refractivity contribution < 1.29 is 13.2 Å². The molecule has 2 rings (SSSR count). The third-order valence-electron chi connectivity index (χ3n) is 4.76. The Morgan fingerprint density at radius 3 is 2.16 bits per heavy atom. The fourth-order valence-electron chi connectivity index (χ4n) is 2.95. The number of sulfone groups is 1. The second-order valence-electron chi connectivity index (χ2n) is 7.45. The predicted octanol–water partition coefficient (Wildman–Crippen LogP) is 4.23. The van der Waals surface area contributed by atoms with Gasteiger partial charge in [0.05, 0.1) is 11.5 Å². The Balaban J connectivity index is 0.00000512. The molecule has 0 aromatic heterocycles. The number of hydrogen-bond donors (Lipinski definition) is 2. The van der Waals surface area contributed by atoms with Crippen LogP contribution in [0, 0.1) is 0 Å². The molecule has 0 amide bonds. The van der Waals surface area contributed by atoms with Crippen LogP contribution in [0.4, 0.5) is 0 Å². The molecular weight excluding hydrogens is 537 g/mol. The molecule has 0 bridgehead atoms. The molecule has 0 aliphatic rings. The van der Waals surface area contributed by atoms with E-state index in [0.717, 1.165) is 62.7 Å². The van der Waals surface area contributed by atoms with E-state index in [0.29, 0.717) is 11.4 Å². The average molecular weight is 574 g/mol. The van der Waals surface area contributed by atoms with E-state index in [4.69, 9.17) is 4.74 Å². The van der Waals surface area contributed by atoms with Crippen molar-refractivity contribution in [1.82, 2.24) is 10.6 Å². The maximum absolute atomic E-state index is 11.5. The van der Waals surface area contributed by atoms with Gasteiger partial charge in [0.2, 0.25) is 0 Å². The van der Waals surface area contributed by atoms with E-state index in [1.54, 1.807) is 12.1 Å². The van der Waals surface area contributed by atoms with Gasteiger partial charge in [0, 0.05) is 25.9 Å². The van der Waals surface area contributed by atoms with Gasteiger partial charge in [0.1, 0.15) is 5.75 Å². The number of halogens is 1. The smallest absolute Gasteiger partial charge is 0.191 e. The summed E-state index contributed by atoms with van der Waals surface area (Å²) in [6, 6.07) is 15.3. The van der Waals surface area contributed by atoms with Crippen LogP contribution in [0.3, 0.4) is 0 Å². The third-order valence-corrected chi connectivity index (χ3v) is 5.89. The minimum atomic E-state index is -3.16. The van der Waals surface area contributed by atoms with Crippen LogP contribution in [0.1, 0.15) is 37.8 Å². The van der Waals surface area contributed by atoms with Gasteiger partial charge in [-0.3, -0.25) is 4.99 Å². The average Bonchev–Trinajstić information content (AvgIpc) is 2.75. The fraction of sp³-hybridized carbons (Fsp3) is 0.458. The first-order valence-corrected chi connectivity index (χ1v) is 12.8. The highest BCUT2D eigenvalue weighted by Crippen LogP contribution is 2.13. The van der Waals surface area contributed by atoms with Gasteiger partial charge in [-0.2, -0.15) is 0 Å². The van der Waals surface area contributed by atoms with Crippen molar-refractivity contribution >= 4 is 39.8 Å². The third kappa shape index (κ3) is 10.7. The highest BCUT2D eigenvalue weighted by molar-refractivity contribution is 14.0. The van der Waals surface area contributed by atoms with E-state index in [1.165, 1.54) is 11.8 Å². The largest absolute Gasteiger partial charge is 0.494 e. The summed E-state index contributed by atoms with van der Waals surface area (Å²) in [6.45, 7) is 7.16. The molecule has 0 fully saturated rings. The lowest BCUT2D eigenvalue weighted by Gasteiger charge is -2.12. The Morgan fingerprint density at radius 1 is 0.938 bits per heavy atom. The van der Waals surface area contributed by atoms with E-state index in [1.807, 2.05) is 31.2 Å². The van der Waals surface area contributed by atoms with Gasteiger partial charge in [0.25, 0.3) is 0 Å². The summed E-state index contributed by atoms with van der Waals surface area (Å²) in [6.07, 6.45) is 5.07. The SMILES string of the molecule is CCCCOc1ccc(CCNC(=NCCc2ccc(S(C)(=O)=O)cc2)NCC)cc1.I. The zero-order chi connectivity index (χ0) is 22.5. The van der Waals surface area contributed by atoms with Gasteiger partial charge in [-0.1, -0.05) is 37.6 Å². The first-order valence-electron chi connectivity index (χ1n) is 10.9. The maximum atomic E-state index is 11.5. The van der Waals surface area contributed by atoms with Crippen molar-refractivity contribution in [3.8, 4) is 5.75 Å². The van der Waals surface area contributed by atoms with Gasteiger partial charge in [0.15, 0.2) is 15.8 Å². The minimum Gasteiger partial charge on any atom is -0.494 e. The Bertz CT molecular complexity index is 915. The van der Waals surface area contributed by atoms with Crippen molar-refractivity contribution in [2.24, 2.45) is 4.99 Å². The molecule has 0 heterocycles. The van der Waals surface area contributed by atoms with Crippen molar-refractivity contribution in [2.45, 2.75) is 44.4 Å². The van der Waals surface area contributed by atoms with Crippen molar-refractivity contribution in [3.63, 3.8) is 0 Å². The number of aliphatic imine (C=N–C) groups is 1. The molecule has 0 spiro atoms. The highest BCUT2D eigenvalue weighted by atomic mass is 127. The summed E-state index contributed by atoms with van der Waals surface area (Å²) in [5, 5.41) is 6.63. The van der Waals surface area contributed by atoms with E-state index in [9.17, 15) is 8.42 Å². The van der Waals surface area contributed by atoms with Crippen LogP contribution in [0.2, 0.25) is 0 Å². The molecule has 32 heavy (non-hydrogen) atoms. The summed E-state index contributed by atoms with van der Waals surface area (Å²) in [5.41, 5.74) is 2.31. The molecule has 178 valence electrons. The van der Waals surface area contributed by atoms with Gasteiger partial charge >= 0.3 is 0 Å². The van der Waals surface area contributed by atoms with Crippen LogP contribution in [0.15, 0.2) is 58.4 Å². The highest BCUT2D eigenvalue weighted by Gasteiger charge is 2.06. The standard InChI is InChI=1S/C24H35N3O3S.HI/c1-4-6-19-30-22-11-7-20(8-12-22)15-17-26-24(25-5-2)27-18-16-21-9-13-23(14-10-21)31(3,28)29;/h7-14H,4-6,15-19H2,1-3H3,(H2,25,26,27);1H. The lowest BCUT2D eigenvalue weighted by Crippen LogP contribution is -2.38. The topological polar surface area (TPSA) is 79.8 Å². The first kappa shape index (κ1) is 28.2. The maximum Gasteiger partial charge on any atom is 0.191 e. The van der Waals surface area contributed by atoms with Crippen LogP contribution >= 0.6 is 24.0 Å². The van der Waals surface area contributed by atoms with Crippen LogP contribution < -0.4 is 15.4 Å². The molecule has 0 aliphatic carbocycles. The fourth-order valence-corrected chi connectivity index (χ4v) is 3.58. The van der Waals surface area contributed by atoms with Crippen molar-refractivity contribution in [1.29, 1.82) is 0 Å². The number of benzene rings is 2. The second kappa shape index (κ2) is 15.1. The number of nitrogens with zero attached hydrogens (tertiary/aromatic N) is 1. The normalized spacial score (nSPS) is 11.5. The van der Waals surface area contributed by atoms with Crippen LogP contribution in [-0.2, 0) is 22.7 Å². The molecule has 0 saturated carbocycles. The summed E-state index contributed by atoms with van der Waals surface area (Å²) in [5.74, 6) is 1.71. The van der Waals surface area contributed by atoms with E-state index in [-0.39, 0.29) is 24.0 Å². The number of nitrogens with one attached hydrogen (secondary N) is 2. The summed E-state index contributed by atoms with van der Waals surface area (Å²) >= 11 is 0. The van der Waals surface area contributed by atoms with Gasteiger partial charge in [-0.25, -0.2) is 8.42 Å². The minimum absolute atomic E-state index is 0. The molecular formula is C24H36IN3O3S. The number of unbranched alkanes of at least 4 members (excludes halogenated alkanes) is 1. The zero-order valence-electron chi connectivity index (χ0n) is 19.3. The molecule has 0 aliphatic heterocycles. The molecule has 0 atom stereocenters. The molecule has 6 nitrogen and oxygen atoms in total. The van der Waals surface area contributed by atoms with Gasteiger partial charge in [-0.05, 0) is 61.6 Å². The zero-order valence-corrected chi connectivity index (χ0v) is 22.4. The van der Waals surface area contributed by atoms with Gasteiger partial charge < -0.3 is 15.4 Å². The quantitative estimate of drug-likeness (QED) is 0.172. The summed E-state index contributed by atoms with van der Waals surface area (Å²) < 4.78 is 28.8. The Hall–Kier alpha value is -1.81. The number of hydrogen-bond acceptors (Lipinski definition) is 4. The summed E-state index contributed by atoms with van der Waals surface area (Å²) in [7, 11) is -3.16. The number of guanidine groups is 1. The number of ether oxygens (including phenoxy) is 1. The van der Waals surface area contributed by atoms with Crippen molar-refractivity contribution in [3.05, 3.63) is 59.7 Å². The van der Waals surface area contributed by atoms with Crippen LogP contribution in [0.25, 0.3) is 0 Å². The molecule has 0 saturated heterocycles. The number of rotatable bonds is 12. The lowest BCUT2D eigenvalue weighted by molar-refractivity contribution is 0.309. The second-order valence-corrected chi connectivity index (χ2v) is 9.47. The predicted molar refractivity (Wildman–Crippen MR) is 143 cm³/mol. The van der Waals surface area contributed by atoms with Gasteiger partial charge in [-0.15, -0.1) is 24.0 Å². The van der Waals surface area contributed by atoms with Crippen LogP contribution in [-0.4, -0.2) is 46.9 Å². The molecule has 2 aromatic rings. The monoisotopic (exact) mass is 573 g/mol. The molecule has 2 N–H and O–H groups in total. The van der Waals surface area contributed by atoms with E-state index < -0.39 is 9.84 Å². The lowest BCUT2D eigenvalue weighted by atomic mass is 10.1. The Labute approximate surface area is 210 Å². The Kier molecular flexibility index (Phi) is 13.3. The molecule has 2 aromatic carbocycles. The van der Waals surface area contributed by atoms with E-state index >= 15 is 0 Å². The van der Waals surface area contributed by atoms with Crippen molar-refractivity contribution in [2.75, 3.05) is 32.5 Å². The van der Waals surface area contributed by atoms with E-state index in [2.05, 4.69) is 34.7 Å². The first-order chi connectivity index (χ1) is 14.9. The molecule has 0 radical (unpaired) electrons. The Morgan fingerprint density at radius 2 is 1.56 bits per heavy atom.